The van der Waals surface area contributed by atoms with Crippen LogP contribution in [0.3, 0.4) is 0 Å². The van der Waals surface area contributed by atoms with Gasteiger partial charge in [-0.25, -0.2) is 8.42 Å². The quantitative estimate of drug-likeness (QED) is 0.545. The number of carbonyl (C=O) groups is 1. The first-order chi connectivity index (χ1) is 14.7. The van der Waals surface area contributed by atoms with Crippen LogP contribution in [0.25, 0.3) is 0 Å². The minimum Gasteiger partial charge on any atom is -0.497 e. The zero-order valence-electron chi connectivity index (χ0n) is 18.5. The van der Waals surface area contributed by atoms with Crippen molar-refractivity contribution >= 4 is 15.9 Å². The van der Waals surface area contributed by atoms with E-state index in [1.165, 1.54) is 19.2 Å². The second-order valence-electron chi connectivity index (χ2n) is 7.25. The summed E-state index contributed by atoms with van der Waals surface area (Å²) in [5, 5.41) is 2.81. The molecular weight excluding hydrogens is 420 g/mol. The fourth-order valence-electron chi connectivity index (χ4n) is 2.96. The Bertz CT molecular complexity index is 974. The number of hydrogen-bond donors (Lipinski definition) is 2. The molecule has 0 saturated heterocycles. The first-order valence-corrected chi connectivity index (χ1v) is 11.3. The smallest absolute Gasteiger partial charge is 0.241 e. The van der Waals surface area contributed by atoms with Gasteiger partial charge in [-0.1, -0.05) is 19.9 Å². The third kappa shape index (κ3) is 6.60. The number of hydrogen-bond acceptors (Lipinski definition) is 6. The molecule has 2 rings (SSSR count). The lowest BCUT2D eigenvalue weighted by atomic mass is 10.0. The van der Waals surface area contributed by atoms with Crippen molar-refractivity contribution in [2.24, 2.45) is 5.92 Å². The fraction of sp³-hybridized carbons (Fsp3) is 0.409. The molecule has 1 amide bonds. The van der Waals surface area contributed by atoms with Crippen molar-refractivity contribution in [1.82, 2.24) is 10.0 Å². The van der Waals surface area contributed by atoms with Gasteiger partial charge < -0.3 is 19.5 Å². The maximum Gasteiger partial charge on any atom is 0.241 e. The number of rotatable bonds is 11. The summed E-state index contributed by atoms with van der Waals surface area (Å²) in [4.78, 5) is 12.8. The highest BCUT2D eigenvalue weighted by atomic mass is 32.2. The predicted molar refractivity (Wildman–Crippen MR) is 118 cm³/mol. The Hall–Kier alpha value is -2.78. The molecule has 0 heterocycles. The van der Waals surface area contributed by atoms with E-state index in [1.54, 1.807) is 46.3 Å². The third-order valence-electron chi connectivity index (χ3n) is 4.76. The molecule has 31 heavy (non-hydrogen) atoms. The summed E-state index contributed by atoms with van der Waals surface area (Å²) in [5.41, 5.74) is 0.956. The fourth-order valence-corrected chi connectivity index (χ4v) is 4.30. The molecule has 0 radical (unpaired) electrons. The maximum absolute atomic E-state index is 12.7. The number of carbonyl (C=O) groups excluding carboxylic acids is 1. The molecule has 0 bridgehead atoms. The predicted octanol–water partition coefficient (Wildman–Crippen LogP) is 2.37. The Morgan fingerprint density at radius 2 is 1.58 bits per heavy atom. The van der Waals surface area contributed by atoms with E-state index in [-0.39, 0.29) is 16.7 Å². The number of methoxy groups -OCH3 is 3. The van der Waals surface area contributed by atoms with Crippen molar-refractivity contribution in [3.05, 3.63) is 48.0 Å². The van der Waals surface area contributed by atoms with Crippen LogP contribution in [-0.2, 0) is 21.2 Å². The Morgan fingerprint density at radius 3 is 2.13 bits per heavy atom. The van der Waals surface area contributed by atoms with Crippen LogP contribution in [0, 0.1) is 5.92 Å². The molecule has 2 aromatic carbocycles. The Labute approximate surface area is 184 Å². The van der Waals surface area contributed by atoms with E-state index >= 15 is 0 Å². The second kappa shape index (κ2) is 11.0. The van der Waals surface area contributed by atoms with Crippen LogP contribution in [0.2, 0.25) is 0 Å². The average molecular weight is 451 g/mol. The highest BCUT2D eigenvalue weighted by Crippen LogP contribution is 2.27. The van der Waals surface area contributed by atoms with Crippen LogP contribution in [-0.4, -0.2) is 48.2 Å². The maximum atomic E-state index is 12.7. The summed E-state index contributed by atoms with van der Waals surface area (Å²) < 4.78 is 43.5. The summed E-state index contributed by atoms with van der Waals surface area (Å²) in [6.07, 6.45) is 0.558. The Kier molecular flexibility index (Phi) is 8.70. The summed E-state index contributed by atoms with van der Waals surface area (Å²) >= 11 is 0. The topological polar surface area (TPSA) is 103 Å². The highest BCUT2D eigenvalue weighted by molar-refractivity contribution is 7.89. The van der Waals surface area contributed by atoms with E-state index in [0.717, 1.165) is 5.56 Å². The van der Waals surface area contributed by atoms with E-state index in [4.69, 9.17) is 14.2 Å². The van der Waals surface area contributed by atoms with E-state index < -0.39 is 16.1 Å². The molecule has 0 aromatic heterocycles. The van der Waals surface area contributed by atoms with Crippen LogP contribution in [0.15, 0.2) is 47.4 Å². The highest BCUT2D eigenvalue weighted by Gasteiger charge is 2.28. The van der Waals surface area contributed by atoms with Gasteiger partial charge in [0.05, 0.1) is 26.2 Å². The van der Waals surface area contributed by atoms with Crippen molar-refractivity contribution in [3.8, 4) is 17.2 Å². The zero-order valence-corrected chi connectivity index (χ0v) is 19.3. The number of ether oxygens (including phenoxy) is 3. The summed E-state index contributed by atoms with van der Waals surface area (Å²) in [6, 6.07) is 10.6. The van der Waals surface area contributed by atoms with Crippen LogP contribution >= 0.6 is 0 Å². The van der Waals surface area contributed by atoms with Crippen LogP contribution < -0.4 is 24.2 Å². The molecule has 0 aliphatic heterocycles. The van der Waals surface area contributed by atoms with Crippen LogP contribution in [0.4, 0.5) is 0 Å². The zero-order chi connectivity index (χ0) is 23.0. The molecule has 0 saturated carbocycles. The van der Waals surface area contributed by atoms with Crippen molar-refractivity contribution < 1.29 is 27.4 Å². The monoisotopic (exact) mass is 450 g/mol. The van der Waals surface area contributed by atoms with Crippen LogP contribution in [0.1, 0.15) is 19.4 Å². The van der Waals surface area contributed by atoms with Crippen molar-refractivity contribution in [2.75, 3.05) is 27.9 Å². The summed E-state index contributed by atoms with van der Waals surface area (Å²) in [7, 11) is 0.765. The normalized spacial score (nSPS) is 12.3. The van der Waals surface area contributed by atoms with Gasteiger partial charge in [0.1, 0.15) is 11.8 Å². The molecule has 2 aromatic rings. The molecule has 1 atom stereocenters. The van der Waals surface area contributed by atoms with Gasteiger partial charge in [-0.2, -0.15) is 4.72 Å². The van der Waals surface area contributed by atoms with Gasteiger partial charge in [0, 0.05) is 6.54 Å². The lowest BCUT2D eigenvalue weighted by Crippen LogP contribution is -2.49. The van der Waals surface area contributed by atoms with Crippen molar-refractivity contribution in [2.45, 2.75) is 31.2 Å². The molecule has 0 fully saturated rings. The van der Waals surface area contributed by atoms with Crippen LogP contribution in [0.5, 0.6) is 17.2 Å². The molecule has 2 N–H and O–H groups in total. The van der Waals surface area contributed by atoms with Crippen molar-refractivity contribution in [1.29, 1.82) is 0 Å². The van der Waals surface area contributed by atoms with E-state index in [2.05, 4.69) is 10.0 Å². The third-order valence-corrected chi connectivity index (χ3v) is 6.22. The van der Waals surface area contributed by atoms with Gasteiger partial charge in [-0.3, -0.25) is 4.79 Å². The molecule has 0 spiro atoms. The molecule has 170 valence electrons. The van der Waals surface area contributed by atoms with E-state index in [1.807, 2.05) is 12.1 Å². The van der Waals surface area contributed by atoms with Gasteiger partial charge in [0.15, 0.2) is 11.5 Å². The summed E-state index contributed by atoms with van der Waals surface area (Å²) in [5.74, 6) is 1.16. The Morgan fingerprint density at radius 1 is 0.935 bits per heavy atom. The number of nitrogens with one attached hydrogen (secondary N) is 2. The van der Waals surface area contributed by atoms with E-state index in [0.29, 0.717) is 30.2 Å². The number of benzene rings is 2. The summed E-state index contributed by atoms with van der Waals surface area (Å²) in [6.45, 7) is 3.92. The lowest BCUT2D eigenvalue weighted by Gasteiger charge is -2.22. The number of amides is 1. The van der Waals surface area contributed by atoms with E-state index in [9.17, 15) is 13.2 Å². The molecule has 9 heteroatoms. The minimum atomic E-state index is -3.87. The largest absolute Gasteiger partial charge is 0.497 e. The van der Waals surface area contributed by atoms with Gasteiger partial charge in [-0.05, 0) is 54.3 Å². The lowest BCUT2D eigenvalue weighted by molar-refractivity contribution is -0.123. The average Bonchev–Trinajstić information content (AvgIpc) is 2.77. The van der Waals surface area contributed by atoms with Gasteiger partial charge >= 0.3 is 0 Å². The second-order valence-corrected chi connectivity index (χ2v) is 8.96. The molecule has 0 aliphatic rings. The number of sulfonamides is 1. The van der Waals surface area contributed by atoms with Crippen molar-refractivity contribution in [3.63, 3.8) is 0 Å². The first-order valence-electron chi connectivity index (χ1n) is 9.86. The van der Waals surface area contributed by atoms with Gasteiger partial charge in [-0.15, -0.1) is 0 Å². The first kappa shape index (κ1) is 24.5. The minimum absolute atomic E-state index is 0.0667. The van der Waals surface area contributed by atoms with Gasteiger partial charge in [0.25, 0.3) is 0 Å². The van der Waals surface area contributed by atoms with Gasteiger partial charge in [0.2, 0.25) is 15.9 Å². The molecule has 1 unspecified atom stereocenters. The molecule has 8 nitrogen and oxygen atoms in total. The SMILES string of the molecule is COc1ccc(S(=O)(=O)NC(C(=O)NCCc2ccc(OC)c(OC)c2)C(C)C)cc1. The molecular formula is C22H30N2O6S. The Balaban J connectivity index is 2.01. The molecule has 0 aliphatic carbocycles. The standard InChI is InChI=1S/C22H30N2O6S/c1-15(2)21(24-31(26,27)18-9-7-17(28-3)8-10-18)22(25)23-13-12-16-6-11-19(29-4)20(14-16)30-5/h6-11,14-15,21,24H,12-13H2,1-5H3,(H,23,25).